The molecule has 0 aromatic carbocycles. The van der Waals surface area contributed by atoms with Crippen molar-refractivity contribution in [3.05, 3.63) is 22.5 Å². The molecule has 2 saturated heterocycles. The van der Waals surface area contributed by atoms with Gasteiger partial charge in [-0.2, -0.15) is 0 Å². The number of carboxylic acids is 1. The fourth-order valence-electron chi connectivity index (χ4n) is 3.64. The molecule has 31 heavy (non-hydrogen) atoms. The number of aliphatic carboxylic acids is 1. The Morgan fingerprint density at radius 3 is 2.84 bits per heavy atom. The molecular formula is C17H18N5NaO7S. The molecule has 160 valence electrons. The summed E-state index contributed by atoms with van der Waals surface area (Å²) in [4.78, 5) is 46.9. The molecular weight excluding hydrogens is 441 g/mol. The second-order valence-corrected chi connectivity index (χ2v) is 7.62. The van der Waals surface area contributed by atoms with Gasteiger partial charge in [-0.25, -0.2) is 4.98 Å². The molecule has 2 amide bonds. The van der Waals surface area contributed by atoms with Gasteiger partial charge in [0.15, 0.2) is 16.6 Å². The first-order chi connectivity index (χ1) is 14.4. The average molecular weight is 459 g/mol. The van der Waals surface area contributed by atoms with Gasteiger partial charge in [-0.15, -0.1) is 11.3 Å². The van der Waals surface area contributed by atoms with Crippen molar-refractivity contribution >= 4 is 40.0 Å². The Kier molecular flexibility index (Phi) is 7.21. The summed E-state index contributed by atoms with van der Waals surface area (Å²) in [5.41, 5.74) is 5.27. The van der Waals surface area contributed by atoms with Crippen molar-refractivity contribution in [2.45, 2.75) is 31.0 Å². The summed E-state index contributed by atoms with van der Waals surface area (Å²) >= 11 is 1.11. The van der Waals surface area contributed by atoms with Crippen molar-refractivity contribution in [2.75, 3.05) is 26.1 Å². The number of oxime groups is 1. The van der Waals surface area contributed by atoms with Crippen LogP contribution in [0.3, 0.4) is 0 Å². The van der Waals surface area contributed by atoms with Crippen LogP contribution in [0, 0.1) is 0 Å². The number of β-lactam (4-membered cyclic amide) rings is 1. The van der Waals surface area contributed by atoms with E-state index in [-0.39, 0.29) is 64.2 Å². The third kappa shape index (κ3) is 4.28. The van der Waals surface area contributed by atoms with E-state index in [1.165, 1.54) is 12.5 Å². The van der Waals surface area contributed by atoms with Gasteiger partial charge in [0.25, 0.3) is 11.8 Å². The van der Waals surface area contributed by atoms with Crippen molar-refractivity contribution in [2.24, 2.45) is 5.16 Å². The number of carbonyl (C=O) groups excluding carboxylic acids is 3. The van der Waals surface area contributed by atoms with Crippen molar-refractivity contribution in [3.63, 3.8) is 0 Å². The number of carbonyl (C=O) groups is 3. The molecule has 0 saturated carbocycles. The van der Waals surface area contributed by atoms with Gasteiger partial charge in [0, 0.05) is 12.0 Å². The first-order valence-corrected chi connectivity index (χ1v) is 9.96. The van der Waals surface area contributed by atoms with Crippen LogP contribution in [0.1, 0.15) is 18.5 Å². The second kappa shape index (κ2) is 9.53. The molecule has 4 heterocycles. The molecule has 0 spiro atoms. The smallest absolute Gasteiger partial charge is 0.543 e. The van der Waals surface area contributed by atoms with Gasteiger partial charge in [0.05, 0.1) is 5.97 Å². The van der Waals surface area contributed by atoms with Crippen LogP contribution in [0.15, 0.2) is 22.0 Å². The summed E-state index contributed by atoms with van der Waals surface area (Å²) in [6, 6.07) is -1.71. The van der Waals surface area contributed by atoms with Crippen molar-refractivity contribution in [1.29, 1.82) is 0 Å². The van der Waals surface area contributed by atoms with Crippen LogP contribution in [0.2, 0.25) is 0 Å². The van der Waals surface area contributed by atoms with E-state index in [0.29, 0.717) is 13.0 Å². The maximum Gasteiger partial charge on any atom is 1.00 e. The zero-order valence-corrected chi connectivity index (χ0v) is 19.6. The number of carboxylic acid groups (broad SMARTS) is 1. The number of rotatable bonds is 6. The Labute approximate surface area is 202 Å². The Hall–Kier alpha value is -2.19. The zero-order valence-electron chi connectivity index (χ0n) is 16.8. The molecule has 3 aliphatic rings. The molecule has 3 aliphatic heterocycles. The maximum atomic E-state index is 12.7. The van der Waals surface area contributed by atoms with Crippen LogP contribution in [-0.2, 0) is 28.7 Å². The normalized spacial score (nSPS) is 25.2. The quantitative estimate of drug-likeness (QED) is 0.183. The van der Waals surface area contributed by atoms with E-state index >= 15 is 0 Å². The molecule has 0 bridgehead atoms. The summed E-state index contributed by atoms with van der Waals surface area (Å²) < 4.78 is 11.1. The van der Waals surface area contributed by atoms with E-state index in [4.69, 9.17) is 20.0 Å². The molecule has 2 fully saturated rings. The molecule has 0 aliphatic carbocycles. The number of thiazole rings is 1. The predicted molar refractivity (Wildman–Crippen MR) is 99.6 cm³/mol. The van der Waals surface area contributed by atoms with E-state index in [2.05, 4.69) is 15.5 Å². The van der Waals surface area contributed by atoms with Gasteiger partial charge in [-0.05, 0) is 12.8 Å². The number of ether oxygens (including phenoxy) is 2. The Bertz CT molecular complexity index is 958. The molecule has 4 rings (SSSR count). The number of fused-ring (bicyclic) bond motifs is 1. The van der Waals surface area contributed by atoms with E-state index in [1.807, 2.05) is 0 Å². The number of nitrogens with one attached hydrogen (secondary N) is 1. The number of hydrogen-bond donors (Lipinski definition) is 2. The summed E-state index contributed by atoms with van der Waals surface area (Å²) in [5.74, 6) is -2.77. The molecule has 1 aromatic rings. The topological polar surface area (TPSA) is 168 Å². The molecule has 1 aromatic heterocycles. The number of aromatic nitrogens is 1. The van der Waals surface area contributed by atoms with Crippen LogP contribution < -0.4 is 45.7 Å². The van der Waals surface area contributed by atoms with E-state index in [9.17, 15) is 19.5 Å². The summed E-state index contributed by atoms with van der Waals surface area (Å²) in [5, 5.41) is 19.7. The minimum atomic E-state index is -1.54. The maximum absolute atomic E-state index is 12.7. The average Bonchev–Trinajstić information content (AvgIpc) is 3.40. The number of nitrogens with two attached hydrogens (primary N) is 1. The van der Waals surface area contributed by atoms with E-state index in [1.54, 1.807) is 0 Å². The van der Waals surface area contributed by atoms with E-state index in [0.717, 1.165) is 22.7 Å². The van der Waals surface area contributed by atoms with Gasteiger partial charge in [0.1, 0.15) is 43.3 Å². The Balaban J connectivity index is 0.00000272. The molecule has 14 heteroatoms. The van der Waals surface area contributed by atoms with Gasteiger partial charge in [0.2, 0.25) is 0 Å². The van der Waals surface area contributed by atoms with Crippen molar-refractivity contribution in [3.8, 4) is 0 Å². The Morgan fingerprint density at radius 2 is 2.26 bits per heavy atom. The summed E-state index contributed by atoms with van der Waals surface area (Å²) in [6.45, 7) is 0.486. The number of amides is 2. The number of hydrogen-bond acceptors (Lipinski definition) is 11. The van der Waals surface area contributed by atoms with Crippen LogP contribution in [0.25, 0.3) is 0 Å². The number of anilines is 1. The van der Waals surface area contributed by atoms with Gasteiger partial charge < -0.3 is 35.3 Å². The minimum absolute atomic E-state index is 0. The molecule has 3 atom stereocenters. The first-order valence-electron chi connectivity index (χ1n) is 9.08. The second-order valence-electron chi connectivity index (χ2n) is 6.73. The Morgan fingerprint density at radius 1 is 1.48 bits per heavy atom. The SMILES string of the molecule is CO/N=C(/C(=O)N[C@@H]1C(=O)N2C(C(=O)[O-])=C(C3CCCO3)OC[C@H]12)c1csc(N)n1.[Na+]. The molecule has 1 unspecified atom stereocenters. The first kappa shape index (κ1) is 23.5. The summed E-state index contributed by atoms with van der Waals surface area (Å²) in [6.07, 6.45) is 0.819. The minimum Gasteiger partial charge on any atom is -0.543 e. The predicted octanol–water partition coefficient (Wildman–Crippen LogP) is -5.05. The molecule has 12 nitrogen and oxygen atoms in total. The molecule has 0 radical (unpaired) electrons. The van der Waals surface area contributed by atoms with Crippen molar-refractivity contribution in [1.82, 2.24) is 15.2 Å². The van der Waals surface area contributed by atoms with Gasteiger partial charge in [-0.3, -0.25) is 14.5 Å². The van der Waals surface area contributed by atoms with E-state index < -0.39 is 36.0 Å². The van der Waals surface area contributed by atoms with Crippen LogP contribution in [-0.4, -0.2) is 71.9 Å². The fourth-order valence-corrected chi connectivity index (χ4v) is 4.19. The summed E-state index contributed by atoms with van der Waals surface area (Å²) in [7, 11) is 1.26. The standard InChI is InChI=1S/C17H19N5O7S.Na/c1-27-21-10(7-6-30-17(18)19-7)14(23)20-11-8-5-29-13(9-3-2-4-28-9)12(16(25)26)22(8)15(11)24;/h6,8-9,11H,2-5H2,1H3,(H2,18,19)(H,20,23)(H,25,26);/q;+1/p-1/b21-10+;/t8-,9?,11+;/m1./s1. The van der Waals surface area contributed by atoms with Crippen LogP contribution in [0.5, 0.6) is 0 Å². The monoisotopic (exact) mass is 459 g/mol. The van der Waals surface area contributed by atoms with Crippen LogP contribution >= 0.6 is 11.3 Å². The number of nitrogen functional groups attached to an aromatic ring is 1. The largest absolute Gasteiger partial charge is 1.00 e. The number of nitrogens with zero attached hydrogens (tertiary/aromatic N) is 3. The third-order valence-electron chi connectivity index (χ3n) is 4.97. The third-order valence-corrected chi connectivity index (χ3v) is 5.64. The molecule has 3 N–H and O–H groups in total. The van der Waals surface area contributed by atoms with Crippen LogP contribution in [0.4, 0.5) is 5.13 Å². The van der Waals surface area contributed by atoms with Crippen molar-refractivity contribution < 1.29 is 63.4 Å². The van der Waals surface area contributed by atoms with Gasteiger partial charge >= 0.3 is 29.6 Å². The fraction of sp³-hybridized carbons (Fsp3) is 0.471. The van der Waals surface area contributed by atoms with Gasteiger partial charge in [-0.1, -0.05) is 5.16 Å². The zero-order chi connectivity index (χ0) is 21.4.